The van der Waals surface area contributed by atoms with E-state index in [0.717, 1.165) is 24.2 Å². The Hall–Kier alpha value is -1.77. The quantitative estimate of drug-likeness (QED) is 0.890. The Bertz CT molecular complexity index is 538. The van der Waals surface area contributed by atoms with E-state index in [-0.39, 0.29) is 16.9 Å². The van der Waals surface area contributed by atoms with Crippen LogP contribution in [0.3, 0.4) is 0 Å². The van der Waals surface area contributed by atoms with Crippen molar-refractivity contribution in [3.8, 4) is 0 Å². The van der Waals surface area contributed by atoms with Crippen LogP contribution in [0.25, 0.3) is 0 Å². The van der Waals surface area contributed by atoms with Crippen LogP contribution in [0.1, 0.15) is 41.0 Å². The van der Waals surface area contributed by atoms with Crippen molar-refractivity contribution in [1.82, 2.24) is 4.90 Å². The van der Waals surface area contributed by atoms with E-state index >= 15 is 0 Å². The van der Waals surface area contributed by atoms with Gasteiger partial charge in [0.2, 0.25) is 0 Å². The third-order valence-corrected chi connectivity index (χ3v) is 4.13. The van der Waals surface area contributed by atoms with Gasteiger partial charge in [0.1, 0.15) is 0 Å². The van der Waals surface area contributed by atoms with Crippen molar-refractivity contribution in [2.45, 2.75) is 46.6 Å². The summed E-state index contributed by atoms with van der Waals surface area (Å²) < 4.78 is 0. The van der Waals surface area contributed by atoms with Crippen LogP contribution < -0.4 is 5.32 Å². The van der Waals surface area contributed by atoms with Gasteiger partial charge in [0.15, 0.2) is 0 Å². The van der Waals surface area contributed by atoms with Gasteiger partial charge >= 0.3 is 0 Å². The number of benzene rings is 1. The van der Waals surface area contributed by atoms with Crippen LogP contribution in [-0.2, 0) is 4.79 Å². The number of nitrogens with one attached hydrogen (secondary N) is 1. The van der Waals surface area contributed by atoms with E-state index in [2.05, 4.69) is 44.8 Å². The number of anilines is 1. The number of rotatable bonds is 2. The first-order valence-corrected chi connectivity index (χ1v) is 7.56. The number of amides is 1. The molecule has 21 heavy (non-hydrogen) atoms. The zero-order valence-electron chi connectivity index (χ0n) is 13.7. The number of carbonyl (C=O) groups is 1. The predicted molar refractivity (Wildman–Crippen MR) is 88.0 cm³/mol. The summed E-state index contributed by atoms with van der Waals surface area (Å²) in [5.41, 5.74) is 1.63. The molecular weight excluding hydrogens is 260 g/mol. The Labute approximate surface area is 128 Å². The van der Waals surface area contributed by atoms with Gasteiger partial charge in [-0.1, -0.05) is 32.0 Å². The molecule has 0 saturated heterocycles. The standard InChI is InChI=1S/C18H26N2O/c1-17(2,3)20-12-11-18(4,5)15(13-20)16(21)19-14-9-7-6-8-10-14/h6-10,13H,11-12H2,1-5H3,(H,19,21). The minimum atomic E-state index is -0.0966. The molecule has 2 rings (SSSR count). The van der Waals surface area contributed by atoms with E-state index in [9.17, 15) is 4.79 Å². The van der Waals surface area contributed by atoms with Gasteiger partial charge in [0.25, 0.3) is 5.91 Å². The molecule has 0 aromatic heterocycles. The van der Waals surface area contributed by atoms with E-state index in [1.165, 1.54) is 0 Å². The first kappa shape index (κ1) is 15.6. The molecule has 0 aliphatic carbocycles. The van der Waals surface area contributed by atoms with Crippen molar-refractivity contribution < 1.29 is 4.79 Å². The van der Waals surface area contributed by atoms with Crippen LogP contribution in [-0.4, -0.2) is 22.9 Å². The van der Waals surface area contributed by atoms with E-state index in [1.54, 1.807) is 0 Å². The van der Waals surface area contributed by atoms with Gasteiger partial charge in [0, 0.05) is 29.5 Å². The Morgan fingerprint density at radius 3 is 2.38 bits per heavy atom. The predicted octanol–water partition coefficient (Wildman–Crippen LogP) is 4.04. The molecule has 0 fully saturated rings. The lowest BCUT2D eigenvalue weighted by atomic mass is 9.78. The number of hydrogen-bond donors (Lipinski definition) is 1. The average molecular weight is 286 g/mol. The topological polar surface area (TPSA) is 32.3 Å². The smallest absolute Gasteiger partial charge is 0.253 e. The van der Waals surface area contributed by atoms with Gasteiger partial charge in [-0.25, -0.2) is 0 Å². The fourth-order valence-electron chi connectivity index (χ4n) is 2.54. The maximum Gasteiger partial charge on any atom is 0.253 e. The molecule has 1 heterocycles. The molecular formula is C18H26N2O. The van der Waals surface area contributed by atoms with Crippen LogP contribution in [0.5, 0.6) is 0 Å². The molecule has 3 heteroatoms. The fourth-order valence-corrected chi connectivity index (χ4v) is 2.54. The highest BCUT2D eigenvalue weighted by molar-refractivity contribution is 6.04. The van der Waals surface area contributed by atoms with E-state index in [1.807, 2.05) is 36.5 Å². The van der Waals surface area contributed by atoms with Crippen LogP contribution in [0.2, 0.25) is 0 Å². The molecule has 1 amide bonds. The summed E-state index contributed by atoms with van der Waals surface area (Å²) in [6, 6.07) is 9.63. The fraction of sp³-hybridized carbons (Fsp3) is 0.500. The molecule has 1 aromatic carbocycles. The van der Waals surface area contributed by atoms with Crippen molar-refractivity contribution in [3.63, 3.8) is 0 Å². The number of carbonyl (C=O) groups excluding carboxylic acids is 1. The van der Waals surface area contributed by atoms with E-state index < -0.39 is 0 Å². The minimum Gasteiger partial charge on any atom is -0.372 e. The molecule has 0 saturated carbocycles. The van der Waals surface area contributed by atoms with Crippen LogP contribution >= 0.6 is 0 Å². The molecule has 1 aliphatic heterocycles. The highest BCUT2D eigenvalue weighted by atomic mass is 16.1. The lowest BCUT2D eigenvalue weighted by Crippen LogP contribution is -2.44. The van der Waals surface area contributed by atoms with Crippen molar-refractivity contribution >= 4 is 11.6 Å². The molecule has 0 spiro atoms. The molecule has 0 atom stereocenters. The van der Waals surface area contributed by atoms with Gasteiger partial charge < -0.3 is 10.2 Å². The van der Waals surface area contributed by atoms with Gasteiger partial charge in [0.05, 0.1) is 0 Å². The maximum absolute atomic E-state index is 12.6. The monoisotopic (exact) mass is 286 g/mol. The van der Waals surface area contributed by atoms with Crippen LogP contribution in [0.15, 0.2) is 42.1 Å². The number of nitrogens with zero attached hydrogens (tertiary/aromatic N) is 1. The largest absolute Gasteiger partial charge is 0.372 e. The Morgan fingerprint density at radius 1 is 1.19 bits per heavy atom. The van der Waals surface area contributed by atoms with E-state index in [4.69, 9.17) is 0 Å². The second kappa shape index (κ2) is 5.55. The second-order valence-electron chi connectivity index (χ2n) is 7.36. The highest BCUT2D eigenvalue weighted by Crippen LogP contribution is 2.37. The Morgan fingerprint density at radius 2 is 1.81 bits per heavy atom. The molecule has 1 aromatic rings. The molecule has 3 nitrogen and oxygen atoms in total. The summed E-state index contributed by atoms with van der Waals surface area (Å²) in [4.78, 5) is 14.9. The molecule has 1 N–H and O–H groups in total. The third kappa shape index (κ3) is 3.66. The first-order valence-electron chi connectivity index (χ1n) is 7.56. The Kier molecular flexibility index (Phi) is 4.13. The highest BCUT2D eigenvalue weighted by Gasteiger charge is 2.35. The van der Waals surface area contributed by atoms with Gasteiger partial charge in [-0.2, -0.15) is 0 Å². The zero-order valence-corrected chi connectivity index (χ0v) is 13.7. The summed E-state index contributed by atoms with van der Waals surface area (Å²) in [5.74, 6) is 0.000139. The summed E-state index contributed by atoms with van der Waals surface area (Å²) in [6.07, 6.45) is 3.03. The van der Waals surface area contributed by atoms with E-state index in [0.29, 0.717) is 0 Å². The van der Waals surface area contributed by atoms with Crippen LogP contribution in [0, 0.1) is 5.41 Å². The third-order valence-electron chi connectivity index (χ3n) is 4.13. The number of para-hydroxylation sites is 1. The van der Waals surface area contributed by atoms with Crippen molar-refractivity contribution in [2.75, 3.05) is 11.9 Å². The summed E-state index contributed by atoms with van der Waals surface area (Å²) in [6.45, 7) is 11.8. The molecule has 0 unspecified atom stereocenters. The SMILES string of the molecule is CC1(C)CCN(C(C)(C)C)C=C1C(=O)Nc1ccccc1. The summed E-state index contributed by atoms with van der Waals surface area (Å²) in [5, 5.41) is 3.01. The lowest BCUT2D eigenvalue weighted by molar-refractivity contribution is -0.114. The maximum atomic E-state index is 12.6. The first-order chi connectivity index (χ1) is 9.70. The molecule has 0 bridgehead atoms. The van der Waals surface area contributed by atoms with Gasteiger partial charge in [-0.15, -0.1) is 0 Å². The summed E-state index contributed by atoms with van der Waals surface area (Å²) in [7, 11) is 0. The normalized spacial score (nSPS) is 18.1. The Balaban J connectivity index is 2.25. The minimum absolute atomic E-state index is 0.000139. The van der Waals surface area contributed by atoms with Crippen molar-refractivity contribution in [2.24, 2.45) is 5.41 Å². The van der Waals surface area contributed by atoms with Crippen LogP contribution in [0.4, 0.5) is 5.69 Å². The molecule has 1 aliphatic rings. The second-order valence-corrected chi connectivity index (χ2v) is 7.36. The van der Waals surface area contributed by atoms with Gasteiger partial charge in [-0.3, -0.25) is 4.79 Å². The summed E-state index contributed by atoms with van der Waals surface area (Å²) >= 11 is 0. The van der Waals surface area contributed by atoms with Gasteiger partial charge in [-0.05, 0) is 44.7 Å². The zero-order chi connectivity index (χ0) is 15.7. The lowest BCUT2D eigenvalue weighted by Gasteiger charge is -2.43. The molecule has 114 valence electrons. The van der Waals surface area contributed by atoms with Crippen molar-refractivity contribution in [1.29, 1.82) is 0 Å². The molecule has 0 radical (unpaired) electrons. The number of hydrogen-bond acceptors (Lipinski definition) is 2. The average Bonchev–Trinajstić information content (AvgIpc) is 2.37. The van der Waals surface area contributed by atoms with Crippen molar-refractivity contribution in [3.05, 3.63) is 42.1 Å².